The van der Waals surface area contributed by atoms with Gasteiger partial charge in [0.05, 0.1) is 28.8 Å². The van der Waals surface area contributed by atoms with E-state index in [0.717, 1.165) is 12.3 Å². The van der Waals surface area contributed by atoms with Crippen molar-refractivity contribution >= 4 is 34.0 Å². The van der Waals surface area contributed by atoms with Gasteiger partial charge < -0.3 is 9.64 Å². The highest BCUT2D eigenvalue weighted by Gasteiger charge is 2.32. The fraction of sp³-hybridized carbons (Fsp3) is 0.200. The molecule has 0 radical (unpaired) electrons. The maximum Gasteiger partial charge on any atom is 0.417 e. The average Bonchev–Trinajstić information content (AvgIpc) is 3.04. The van der Waals surface area contributed by atoms with E-state index in [0.29, 0.717) is 16.5 Å². The standard InChI is InChI=1S/C20H17ClF3N3O2/c1-26(2)10-15(19(28)29-3)14-11-27(17-7-5-4-6-13(14)17)18-16(21)8-12(9-25-18)20(22,23)24/h4-11H,1-3H3/b15-10-. The Morgan fingerprint density at radius 1 is 1.28 bits per heavy atom. The van der Waals surface area contributed by atoms with Gasteiger partial charge in [-0.1, -0.05) is 29.8 Å². The maximum atomic E-state index is 12.9. The van der Waals surface area contributed by atoms with Crippen LogP contribution in [0.5, 0.6) is 0 Å². The van der Waals surface area contributed by atoms with E-state index in [9.17, 15) is 18.0 Å². The summed E-state index contributed by atoms with van der Waals surface area (Å²) in [6.07, 6.45) is -0.601. The molecule has 2 aromatic heterocycles. The van der Waals surface area contributed by atoms with Crippen molar-refractivity contribution in [1.29, 1.82) is 0 Å². The number of halogens is 4. The predicted molar refractivity (Wildman–Crippen MR) is 105 cm³/mol. The Labute approximate surface area is 170 Å². The molecule has 0 saturated heterocycles. The van der Waals surface area contributed by atoms with E-state index in [4.69, 9.17) is 16.3 Å². The molecule has 0 spiro atoms. The van der Waals surface area contributed by atoms with Gasteiger partial charge >= 0.3 is 12.1 Å². The number of alkyl halides is 3. The second-order valence-corrected chi connectivity index (χ2v) is 6.86. The minimum atomic E-state index is -4.55. The Morgan fingerprint density at radius 3 is 2.55 bits per heavy atom. The number of ether oxygens (including phenoxy) is 1. The number of carbonyl (C=O) groups is 1. The summed E-state index contributed by atoms with van der Waals surface area (Å²) in [5, 5.41) is 0.534. The molecule has 0 unspecified atom stereocenters. The van der Waals surface area contributed by atoms with Crippen molar-refractivity contribution in [2.45, 2.75) is 6.18 Å². The van der Waals surface area contributed by atoms with Gasteiger partial charge in [0.25, 0.3) is 0 Å². The summed E-state index contributed by atoms with van der Waals surface area (Å²) in [6.45, 7) is 0. The van der Waals surface area contributed by atoms with E-state index in [1.807, 2.05) is 0 Å². The van der Waals surface area contributed by atoms with Crippen LogP contribution >= 0.6 is 11.6 Å². The molecule has 1 aromatic carbocycles. The zero-order chi connectivity index (χ0) is 21.3. The molecule has 0 aliphatic heterocycles. The van der Waals surface area contributed by atoms with Crippen LogP contribution in [0.4, 0.5) is 13.2 Å². The van der Waals surface area contributed by atoms with Crippen LogP contribution in [0.3, 0.4) is 0 Å². The SMILES string of the molecule is COC(=O)/C(=C\N(C)C)c1cn(-c2ncc(C(F)(F)F)cc2Cl)c2ccccc12. The van der Waals surface area contributed by atoms with Crippen molar-refractivity contribution in [1.82, 2.24) is 14.5 Å². The number of methoxy groups -OCH3 is 1. The molecule has 9 heteroatoms. The number of hydrogen-bond donors (Lipinski definition) is 0. The van der Waals surface area contributed by atoms with E-state index < -0.39 is 17.7 Å². The minimum Gasteiger partial charge on any atom is -0.465 e. The maximum absolute atomic E-state index is 12.9. The molecule has 0 fully saturated rings. The van der Waals surface area contributed by atoms with Crippen molar-refractivity contribution in [3.8, 4) is 5.82 Å². The van der Waals surface area contributed by atoms with Gasteiger partial charge in [-0.25, -0.2) is 9.78 Å². The van der Waals surface area contributed by atoms with Gasteiger partial charge in [0.1, 0.15) is 0 Å². The first-order chi connectivity index (χ1) is 13.6. The van der Waals surface area contributed by atoms with Gasteiger partial charge in [0.2, 0.25) is 0 Å². The number of para-hydroxylation sites is 1. The summed E-state index contributed by atoms with van der Waals surface area (Å²) in [6, 6.07) is 7.95. The van der Waals surface area contributed by atoms with Gasteiger partial charge in [0, 0.05) is 43.6 Å². The summed E-state index contributed by atoms with van der Waals surface area (Å²) >= 11 is 6.14. The zero-order valence-electron chi connectivity index (χ0n) is 15.8. The molecule has 3 aromatic rings. The number of esters is 1. The van der Waals surface area contributed by atoms with Crippen LogP contribution in [0.2, 0.25) is 5.02 Å². The number of carbonyl (C=O) groups excluding carboxylic acids is 1. The normalized spacial score (nSPS) is 12.3. The molecule has 0 bridgehead atoms. The molecule has 3 rings (SSSR count). The third kappa shape index (κ3) is 4.07. The smallest absolute Gasteiger partial charge is 0.417 e. The van der Waals surface area contributed by atoms with E-state index in [-0.39, 0.29) is 16.4 Å². The third-order valence-electron chi connectivity index (χ3n) is 4.17. The summed E-state index contributed by atoms with van der Waals surface area (Å²) in [5.41, 5.74) is 0.519. The van der Waals surface area contributed by atoms with Gasteiger partial charge in [-0.05, 0) is 12.1 Å². The van der Waals surface area contributed by atoms with Gasteiger partial charge in [-0.3, -0.25) is 4.57 Å². The highest BCUT2D eigenvalue weighted by molar-refractivity contribution is 6.32. The minimum absolute atomic E-state index is 0.121. The van der Waals surface area contributed by atoms with E-state index in [2.05, 4.69) is 4.98 Å². The van der Waals surface area contributed by atoms with Crippen LogP contribution in [-0.2, 0) is 15.7 Å². The summed E-state index contributed by atoms with van der Waals surface area (Å²) in [7, 11) is 4.80. The summed E-state index contributed by atoms with van der Waals surface area (Å²) in [4.78, 5) is 18.0. The largest absolute Gasteiger partial charge is 0.465 e. The Morgan fingerprint density at radius 2 is 1.97 bits per heavy atom. The Hall–Kier alpha value is -3.00. The number of benzene rings is 1. The van der Waals surface area contributed by atoms with Crippen molar-refractivity contribution in [2.24, 2.45) is 0 Å². The molecule has 29 heavy (non-hydrogen) atoms. The van der Waals surface area contributed by atoms with Crippen LogP contribution in [-0.4, -0.2) is 41.6 Å². The molecule has 152 valence electrons. The lowest BCUT2D eigenvalue weighted by Crippen LogP contribution is -2.10. The molecule has 0 aliphatic carbocycles. The number of hydrogen-bond acceptors (Lipinski definition) is 4. The molecule has 0 amide bonds. The second-order valence-electron chi connectivity index (χ2n) is 6.46. The lowest BCUT2D eigenvalue weighted by atomic mass is 10.1. The van der Waals surface area contributed by atoms with Crippen LogP contribution in [0.25, 0.3) is 22.3 Å². The first-order valence-electron chi connectivity index (χ1n) is 8.43. The fourth-order valence-electron chi connectivity index (χ4n) is 2.93. The molecular formula is C20H17ClF3N3O2. The molecule has 5 nitrogen and oxygen atoms in total. The van der Waals surface area contributed by atoms with Crippen molar-refractivity contribution in [3.05, 3.63) is 65.1 Å². The summed E-state index contributed by atoms with van der Waals surface area (Å²) < 4.78 is 45.3. The molecular weight excluding hydrogens is 407 g/mol. The third-order valence-corrected chi connectivity index (χ3v) is 4.45. The molecule has 2 heterocycles. The lowest BCUT2D eigenvalue weighted by Gasteiger charge is -2.11. The fourth-order valence-corrected chi connectivity index (χ4v) is 3.19. The molecule has 0 atom stereocenters. The van der Waals surface area contributed by atoms with Crippen molar-refractivity contribution in [3.63, 3.8) is 0 Å². The topological polar surface area (TPSA) is 47.4 Å². The Bertz CT molecular complexity index is 1100. The number of nitrogens with zero attached hydrogens (tertiary/aromatic N) is 3. The predicted octanol–water partition coefficient (Wildman–Crippen LogP) is 4.77. The van der Waals surface area contributed by atoms with Crippen LogP contribution in [0.1, 0.15) is 11.1 Å². The van der Waals surface area contributed by atoms with E-state index in [1.54, 1.807) is 60.2 Å². The Balaban J connectivity index is 2.26. The highest BCUT2D eigenvalue weighted by atomic mass is 35.5. The van der Waals surface area contributed by atoms with Crippen LogP contribution in [0, 0.1) is 0 Å². The van der Waals surface area contributed by atoms with Crippen molar-refractivity contribution < 1.29 is 22.7 Å². The summed E-state index contributed by atoms with van der Waals surface area (Å²) in [5.74, 6) is -0.427. The van der Waals surface area contributed by atoms with Crippen LogP contribution < -0.4 is 0 Å². The average molecular weight is 424 g/mol. The number of fused-ring (bicyclic) bond motifs is 1. The number of aromatic nitrogens is 2. The van der Waals surface area contributed by atoms with E-state index >= 15 is 0 Å². The quantitative estimate of drug-likeness (QED) is 0.448. The first kappa shape index (κ1) is 20.7. The molecule has 0 aliphatic rings. The monoisotopic (exact) mass is 423 g/mol. The lowest BCUT2D eigenvalue weighted by molar-refractivity contribution is -0.138. The van der Waals surface area contributed by atoms with Gasteiger partial charge in [0.15, 0.2) is 5.82 Å². The second kappa shape index (κ2) is 7.79. The molecule has 0 N–H and O–H groups in total. The Kier molecular flexibility index (Phi) is 5.57. The van der Waals surface area contributed by atoms with Crippen molar-refractivity contribution in [2.75, 3.05) is 21.2 Å². The zero-order valence-corrected chi connectivity index (χ0v) is 16.5. The molecule has 0 saturated carbocycles. The number of rotatable bonds is 4. The van der Waals surface area contributed by atoms with Crippen LogP contribution in [0.15, 0.2) is 48.9 Å². The van der Waals surface area contributed by atoms with Gasteiger partial charge in [-0.2, -0.15) is 13.2 Å². The number of pyridine rings is 1. The van der Waals surface area contributed by atoms with Gasteiger partial charge in [-0.15, -0.1) is 0 Å². The first-order valence-corrected chi connectivity index (χ1v) is 8.81. The van der Waals surface area contributed by atoms with E-state index in [1.165, 1.54) is 7.11 Å². The highest BCUT2D eigenvalue weighted by Crippen LogP contribution is 2.35.